The Balaban J connectivity index is 2.92. The van der Waals surface area contributed by atoms with E-state index in [-0.39, 0.29) is 22.6 Å². The van der Waals surface area contributed by atoms with Crippen LogP contribution < -0.4 is 10.1 Å². The lowest BCUT2D eigenvalue weighted by molar-refractivity contribution is -0.121. The summed E-state index contributed by atoms with van der Waals surface area (Å²) in [5, 5.41) is 2.67. The van der Waals surface area contributed by atoms with Gasteiger partial charge in [0.2, 0.25) is 15.9 Å². The molecule has 1 aromatic carbocycles. The average molecular weight is 346 g/mol. The number of methoxy groups -OCH3 is 1. The molecule has 0 aliphatic carbocycles. The van der Waals surface area contributed by atoms with Gasteiger partial charge in [-0.05, 0) is 23.6 Å². The molecule has 0 saturated heterocycles. The predicted octanol–water partition coefficient (Wildman–Crippen LogP) is 1.62. The maximum absolute atomic E-state index is 13.4. The van der Waals surface area contributed by atoms with Gasteiger partial charge in [0.05, 0.1) is 13.7 Å². The number of rotatable bonds is 6. The zero-order valence-electron chi connectivity index (χ0n) is 14.0. The van der Waals surface area contributed by atoms with Crippen LogP contribution in [0.4, 0.5) is 4.39 Å². The molecular formula is C15H23FN2O4S. The second-order valence-electron chi connectivity index (χ2n) is 6.39. The van der Waals surface area contributed by atoms with E-state index in [9.17, 15) is 17.6 Å². The third kappa shape index (κ3) is 5.47. The molecule has 0 unspecified atom stereocenters. The summed E-state index contributed by atoms with van der Waals surface area (Å²) >= 11 is 0. The first kappa shape index (κ1) is 19.4. The highest BCUT2D eigenvalue weighted by atomic mass is 32.2. The van der Waals surface area contributed by atoms with Crippen LogP contribution in [0.15, 0.2) is 23.1 Å². The fraction of sp³-hybridized carbons (Fsp3) is 0.533. The molecule has 0 aliphatic heterocycles. The topological polar surface area (TPSA) is 75.7 Å². The number of hydrogen-bond acceptors (Lipinski definition) is 4. The van der Waals surface area contributed by atoms with Gasteiger partial charge in [-0.15, -0.1) is 0 Å². The van der Waals surface area contributed by atoms with Crippen molar-refractivity contribution in [3.8, 4) is 5.75 Å². The first-order chi connectivity index (χ1) is 10.5. The zero-order chi connectivity index (χ0) is 17.8. The van der Waals surface area contributed by atoms with Crippen LogP contribution in [0, 0.1) is 11.2 Å². The highest BCUT2D eigenvalue weighted by Crippen LogP contribution is 2.26. The number of ether oxygens (including phenoxy) is 1. The molecule has 0 atom stereocenters. The van der Waals surface area contributed by atoms with E-state index < -0.39 is 21.7 Å². The Morgan fingerprint density at radius 3 is 2.48 bits per heavy atom. The fourth-order valence-electron chi connectivity index (χ4n) is 1.73. The Morgan fingerprint density at radius 1 is 1.35 bits per heavy atom. The van der Waals surface area contributed by atoms with Gasteiger partial charge in [-0.2, -0.15) is 4.31 Å². The fourth-order valence-corrected chi connectivity index (χ4v) is 3.02. The first-order valence-electron chi connectivity index (χ1n) is 7.04. The predicted molar refractivity (Wildman–Crippen MR) is 85.2 cm³/mol. The number of hydrogen-bond donors (Lipinski definition) is 1. The van der Waals surface area contributed by atoms with E-state index >= 15 is 0 Å². The largest absolute Gasteiger partial charge is 0.495 e. The molecule has 1 N–H and O–H groups in total. The number of likely N-dealkylation sites (N-methyl/N-ethyl adjacent to an activating group) is 1. The Hall–Kier alpha value is -1.67. The van der Waals surface area contributed by atoms with E-state index in [0.29, 0.717) is 6.54 Å². The quantitative estimate of drug-likeness (QED) is 0.849. The smallest absolute Gasteiger partial charge is 0.247 e. The van der Waals surface area contributed by atoms with Gasteiger partial charge < -0.3 is 10.1 Å². The molecule has 0 fully saturated rings. The molecule has 23 heavy (non-hydrogen) atoms. The summed E-state index contributed by atoms with van der Waals surface area (Å²) in [5.41, 5.74) is -0.112. The minimum atomic E-state index is -4.05. The van der Waals surface area contributed by atoms with Crippen LogP contribution in [-0.2, 0) is 14.8 Å². The highest BCUT2D eigenvalue weighted by molar-refractivity contribution is 7.89. The van der Waals surface area contributed by atoms with Crippen LogP contribution in [-0.4, -0.2) is 45.9 Å². The van der Waals surface area contributed by atoms with Crippen molar-refractivity contribution in [3.63, 3.8) is 0 Å². The van der Waals surface area contributed by atoms with Crippen LogP contribution >= 0.6 is 0 Å². The molecule has 0 saturated carbocycles. The lowest BCUT2D eigenvalue weighted by Gasteiger charge is -2.21. The summed E-state index contributed by atoms with van der Waals surface area (Å²) in [6, 6.07) is 3.21. The Kier molecular flexibility index (Phi) is 6.12. The summed E-state index contributed by atoms with van der Waals surface area (Å²) in [6.07, 6.45) is 0. The van der Waals surface area contributed by atoms with E-state index in [1.54, 1.807) is 0 Å². The summed E-state index contributed by atoms with van der Waals surface area (Å²) in [4.78, 5) is 11.6. The van der Waals surface area contributed by atoms with Gasteiger partial charge in [0.1, 0.15) is 16.5 Å². The van der Waals surface area contributed by atoms with Crippen LogP contribution in [0.3, 0.4) is 0 Å². The van der Waals surface area contributed by atoms with Gasteiger partial charge in [0, 0.05) is 13.6 Å². The molecular weight excluding hydrogens is 323 g/mol. The molecule has 0 aromatic heterocycles. The van der Waals surface area contributed by atoms with Crippen molar-refractivity contribution in [2.75, 3.05) is 27.2 Å². The van der Waals surface area contributed by atoms with Crippen molar-refractivity contribution in [3.05, 3.63) is 24.0 Å². The normalized spacial score (nSPS) is 12.3. The standard InChI is InChI=1S/C15H23FN2O4S/c1-15(2,3)10-17-14(19)9-18(4)23(20,21)13-8-11(16)6-7-12(13)22-5/h6-8H,9-10H2,1-5H3,(H,17,19). The number of carbonyl (C=O) groups is 1. The summed E-state index contributed by atoms with van der Waals surface area (Å²) in [7, 11) is -1.49. The van der Waals surface area contributed by atoms with Gasteiger partial charge in [-0.3, -0.25) is 4.79 Å². The van der Waals surface area contributed by atoms with Crippen molar-refractivity contribution >= 4 is 15.9 Å². The molecule has 1 amide bonds. The van der Waals surface area contributed by atoms with Crippen LogP contribution in [0.1, 0.15) is 20.8 Å². The number of benzene rings is 1. The number of halogens is 1. The number of nitrogens with one attached hydrogen (secondary N) is 1. The average Bonchev–Trinajstić information content (AvgIpc) is 2.44. The molecule has 130 valence electrons. The minimum Gasteiger partial charge on any atom is -0.495 e. The Morgan fingerprint density at radius 2 is 1.96 bits per heavy atom. The molecule has 0 radical (unpaired) electrons. The maximum Gasteiger partial charge on any atom is 0.247 e. The SMILES string of the molecule is COc1ccc(F)cc1S(=O)(=O)N(C)CC(=O)NCC(C)(C)C. The molecule has 0 bridgehead atoms. The molecule has 1 rings (SSSR count). The lowest BCUT2D eigenvalue weighted by atomic mass is 9.97. The van der Waals surface area contributed by atoms with Crippen LogP contribution in [0.25, 0.3) is 0 Å². The summed E-state index contributed by atoms with van der Waals surface area (Å²) in [5.74, 6) is -1.11. The minimum absolute atomic E-state index is 0.0216. The van der Waals surface area contributed by atoms with E-state index in [0.717, 1.165) is 16.4 Å². The molecule has 0 spiro atoms. The zero-order valence-corrected chi connectivity index (χ0v) is 14.8. The van der Waals surface area contributed by atoms with E-state index in [4.69, 9.17) is 4.74 Å². The van der Waals surface area contributed by atoms with Gasteiger partial charge in [0.25, 0.3) is 0 Å². The van der Waals surface area contributed by atoms with Crippen molar-refractivity contribution < 1.29 is 22.3 Å². The molecule has 0 heterocycles. The number of sulfonamides is 1. The van der Waals surface area contributed by atoms with Crippen molar-refractivity contribution in [2.24, 2.45) is 5.41 Å². The third-order valence-electron chi connectivity index (χ3n) is 3.00. The summed E-state index contributed by atoms with van der Waals surface area (Å²) < 4.78 is 44.2. The molecule has 0 aliphatic rings. The number of carbonyl (C=O) groups excluding carboxylic acids is 1. The third-order valence-corrected chi connectivity index (χ3v) is 4.82. The first-order valence-corrected chi connectivity index (χ1v) is 8.48. The van der Waals surface area contributed by atoms with Gasteiger partial charge in [-0.1, -0.05) is 20.8 Å². The van der Waals surface area contributed by atoms with Crippen molar-refractivity contribution in [1.29, 1.82) is 0 Å². The van der Waals surface area contributed by atoms with Crippen molar-refractivity contribution in [2.45, 2.75) is 25.7 Å². The monoisotopic (exact) mass is 346 g/mol. The van der Waals surface area contributed by atoms with E-state index in [1.807, 2.05) is 20.8 Å². The molecule has 6 nitrogen and oxygen atoms in total. The second kappa shape index (κ2) is 7.27. The lowest BCUT2D eigenvalue weighted by Crippen LogP contribution is -2.41. The van der Waals surface area contributed by atoms with Crippen LogP contribution in [0.5, 0.6) is 5.75 Å². The summed E-state index contributed by atoms with van der Waals surface area (Å²) in [6.45, 7) is 5.91. The Bertz CT molecular complexity index is 669. The van der Waals surface area contributed by atoms with E-state index in [1.165, 1.54) is 20.2 Å². The Labute approximate surface area is 136 Å². The molecule has 1 aromatic rings. The highest BCUT2D eigenvalue weighted by Gasteiger charge is 2.27. The molecule has 8 heteroatoms. The number of nitrogens with zero attached hydrogens (tertiary/aromatic N) is 1. The van der Waals surface area contributed by atoms with Gasteiger partial charge in [-0.25, -0.2) is 12.8 Å². The van der Waals surface area contributed by atoms with Gasteiger partial charge in [0.15, 0.2) is 0 Å². The van der Waals surface area contributed by atoms with Crippen molar-refractivity contribution in [1.82, 2.24) is 9.62 Å². The van der Waals surface area contributed by atoms with Crippen LogP contribution in [0.2, 0.25) is 0 Å². The second-order valence-corrected chi connectivity index (χ2v) is 8.41. The van der Waals surface area contributed by atoms with Gasteiger partial charge >= 0.3 is 0 Å². The maximum atomic E-state index is 13.4. The number of amides is 1. The van der Waals surface area contributed by atoms with E-state index in [2.05, 4.69) is 5.32 Å².